The van der Waals surface area contributed by atoms with Gasteiger partial charge < -0.3 is 15.6 Å². The van der Waals surface area contributed by atoms with Gasteiger partial charge in [-0.25, -0.2) is 9.97 Å². The van der Waals surface area contributed by atoms with Crippen LogP contribution in [0, 0.1) is 0 Å². The first-order chi connectivity index (χ1) is 8.63. The Hall–Kier alpha value is -2.18. The lowest BCUT2D eigenvalue weighted by molar-refractivity contribution is 0.714. The smallest absolute Gasteiger partial charge is 0.154 e. The first kappa shape index (κ1) is 12.3. The molecule has 0 amide bonds. The molecule has 96 valence electrons. The zero-order valence-corrected chi connectivity index (χ0v) is 10.8. The van der Waals surface area contributed by atoms with Gasteiger partial charge in [0, 0.05) is 12.6 Å². The van der Waals surface area contributed by atoms with Crippen LogP contribution in [0.4, 0.5) is 11.6 Å². The lowest BCUT2D eigenvalue weighted by Gasteiger charge is -2.16. The Bertz CT molecular complexity index is 534. The van der Waals surface area contributed by atoms with Crippen LogP contribution in [0.2, 0.25) is 0 Å². The minimum atomic E-state index is -0.00269. The first-order valence-corrected chi connectivity index (χ1v) is 5.83. The third kappa shape index (κ3) is 2.24. The summed E-state index contributed by atoms with van der Waals surface area (Å²) >= 11 is 0. The highest BCUT2D eigenvalue weighted by Crippen LogP contribution is 2.22. The molecule has 0 aromatic carbocycles. The molecule has 0 aliphatic heterocycles. The third-order valence-electron chi connectivity index (χ3n) is 2.82. The van der Waals surface area contributed by atoms with Gasteiger partial charge in [-0.1, -0.05) is 6.92 Å². The molecule has 2 aromatic heterocycles. The van der Waals surface area contributed by atoms with Crippen LogP contribution < -0.4 is 11.1 Å². The Balaban J connectivity index is 2.24. The molecule has 1 atom stereocenters. The van der Waals surface area contributed by atoms with Crippen molar-refractivity contribution in [2.45, 2.75) is 26.3 Å². The lowest BCUT2D eigenvalue weighted by atomic mass is 10.2. The lowest BCUT2D eigenvalue weighted by Crippen LogP contribution is -2.15. The molecule has 2 rings (SSSR count). The maximum Gasteiger partial charge on any atom is 0.154 e. The van der Waals surface area contributed by atoms with Crippen molar-refractivity contribution < 1.29 is 0 Å². The number of nitrogen functional groups attached to an aromatic ring is 1. The number of aryl methyl sites for hydroxylation is 1. The van der Waals surface area contributed by atoms with E-state index in [0.717, 1.165) is 23.6 Å². The average Bonchev–Trinajstić information content (AvgIpc) is 2.76. The van der Waals surface area contributed by atoms with Crippen molar-refractivity contribution >= 4 is 11.6 Å². The van der Waals surface area contributed by atoms with Crippen molar-refractivity contribution in [3.05, 3.63) is 24.0 Å². The van der Waals surface area contributed by atoms with E-state index < -0.39 is 0 Å². The van der Waals surface area contributed by atoms with E-state index in [2.05, 4.69) is 25.5 Å². The molecule has 0 bridgehead atoms. The standard InChI is InChI=1S/C11H17N7/c1-4-8-9(12)13-5-14-10(8)16-7(2)11-17-15-6-18(11)3/h5-7H,4H2,1-3H3,(H3,12,13,14,16). The molecule has 0 aliphatic rings. The number of hydrogen-bond acceptors (Lipinski definition) is 6. The van der Waals surface area contributed by atoms with Gasteiger partial charge >= 0.3 is 0 Å². The summed E-state index contributed by atoms with van der Waals surface area (Å²) in [6.07, 6.45) is 3.91. The minimum absolute atomic E-state index is 0.00269. The van der Waals surface area contributed by atoms with Gasteiger partial charge in [-0.05, 0) is 13.3 Å². The molecule has 0 radical (unpaired) electrons. The molecular formula is C11H17N7. The predicted octanol–water partition coefficient (Wildman–Crippen LogP) is 0.923. The second-order valence-electron chi connectivity index (χ2n) is 4.11. The Labute approximate surface area is 105 Å². The van der Waals surface area contributed by atoms with Crippen molar-refractivity contribution in [1.82, 2.24) is 24.7 Å². The molecule has 0 spiro atoms. The van der Waals surface area contributed by atoms with E-state index in [4.69, 9.17) is 5.73 Å². The van der Waals surface area contributed by atoms with E-state index in [1.54, 1.807) is 6.33 Å². The van der Waals surface area contributed by atoms with Crippen molar-refractivity contribution in [3.8, 4) is 0 Å². The molecule has 0 saturated carbocycles. The highest BCUT2D eigenvalue weighted by molar-refractivity contribution is 5.55. The number of anilines is 2. The molecule has 1 unspecified atom stereocenters. The van der Waals surface area contributed by atoms with Gasteiger partial charge in [-0.2, -0.15) is 0 Å². The number of hydrogen-bond donors (Lipinski definition) is 2. The topological polar surface area (TPSA) is 94.5 Å². The van der Waals surface area contributed by atoms with Crippen LogP contribution in [-0.2, 0) is 13.5 Å². The van der Waals surface area contributed by atoms with Crippen molar-refractivity contribution in [1.29, 1.82) is 0 Å². The Morgan fingerprint density at radius 2 is 2.22 bits per heavy atom. The highest BCUT2D eigenvalue weighted by Gasteiger charge is 2.14. The number of aromatic nitrogens is 5. The van der Waals surface area contributed by atoms with Gasteiger partial charge in [0.05, 0.1) is 6.04 Å². The molecule has 0 saturated heterocycles. The second kappa shape index (κ2) is 4.99. The summed E-state index contributed by atoms with van der Waals surface area (Å²) in [6, 6.07) is -0.00269. The minimum Gasteiger partial charge on any atom is -0.383 e. The van der Waals surface area contributed by atoms with Gasteiger partial charge in [-0.15, -0.1) is 10.2 Å². The summed E-state index contributed by atoms with van der Waals surface area (Å²) in [4.78, 5) is 8.22. The molecule has 2 aromatic rings. The number of nitrogens with one attached hydrogen (secondary N) is 1. The fraction of sp³-hybridized carbons (Fsp3) is 0.455. The highest BCUT2D eigenvalue weighted by atomic mass is 15.3. The maximum atomic E-state index is 5.83. The van der Waals surface area contributed by atoms with Gasteiger partial charge in [0.2, 0.25) is 0 Å². The van der Waals surface area contributed by atoms with E-state index in [1.165, 1.54) is 6.33 Å². The monoisotopic (exact) mass is 247 g/mol. The van der Waals surface area contributed by atoms with Crippen LogP contribution in [0.25, 0.3) is 0 Å². The largest absolute Gasteiger partial charge is 0.383 e. The van der Waals surface area contributed by atoms with Crippen LogP contribution in [0.1, 0.15) is 31.3 Å². The number of nitrogens with zero attached hydrogens (tertiary/aromatic N) is 5. The molecule has 0 aliphatic carbocycles. The zero-order valence-electron chi connectivity index (χ0n) is 10.8. The summed E-state index contributed by atoms with van der Waals surface area (Å²) in [6.45, 7) is 4.02. The van der Waals surface area contributed by atoms with Crippen LogP contribution in [-0.4, -0.2) is 24.7 Å². The van der Waals surface area contributed by atoms with Crippen LogP contribution in [0.5, 0.6) is 0 Å². The fourth-order valence-corrected chi connectivity index (χ4v) is 1.85. The summed E-state index contributed by atoms with van der Waals surface area (Å²) in [5.41, 5.74) is 6.75. The first-order valence-electron chi connectivity index (χ1n) is 5.83. The Kier molecular flexibility index (Phi) is 3.40. The second-order valence-corrected chi connectivity index (χ2v) is 4.11. The van der Waals surface area contributed by atoms with E-state index >= 15 is 0 Å². The maximum absolute atomic E-state index is 5.83. The van der Waals surface area contributed by atoms with E-state index in [-0.39, 0.29) is 6.04 Å². The fourth-order valence-electron chi connectivity index (χ4n) is 1.85. The van der Waals surface area contributed by atoms with Crippen LogP contribution in [0.15, 0.2) is 12.7 Å². The molecular weight excluding hydrogens is 230 g/mol. The number of rotatable bonds is 4. The van der Waals surface area contributed by atoms with Gasteiger partial charge in [-0.3, -0.25) is 0 Å². The van der Waals surface area contributed by atoms with Crippen molar-refractivity contribution in [2.75, 3.05) is 11.1 Å². The third-order valence-corrected chi connectivity index (χ3v) is 2.82. The summed E-state index contributed by atoms with van der Waals surface area (Å²) in [7, 11) is 1.91. The van der Waals surface area contributed by atoms with Crippen molar-refractivity contribution in [3.63, 3.8) is 0 Å². The van der Waals surface area contributed by atoms with E-state index in [9.17, 15) is 0 Å². The molecule has 7 heteroatoms. The molecule has 2 heterocycles. The van der Waals surface area contributed by atoms with E-state index in [0.29, 0.717) is 5.82 Å². The van der Waals surface area contributed by atoms with E-state index in [1.807, 2.05) is 25.5 Å². The Morgan fingerprint density at radius 3 is 2.83 bits per heavy atom. The van der Waals surface area contributed by atoms with Gasteiger partial charge in [0.15, 0.2) is 5.82 Å². The normalized spacial score (nSPS) is 12.4. The van der Waals surface area contributed by atoms with Crippen LogP contribution in [0.3, 0.4) is 0 Å². The number of nitrogens with two attached hydrogens (primary N) is 1. The molecule has 7 nitrogen and oxygen atoms in total. The summed E-state index contributed by atoms with van der Waals surface area (Å²) in [5.74, 6) is 2.11. The Morgan fingerprint density at radius 1 is 1.44 bits per heavy atom. The SMILES string of the molecule is CCc1c(N)ncnc1NC(C)c1nncn1C. The summed E-state index contributed by atoms with van der Waals surface area (Å²) in [5, 5.41) is 11.2. The predicted molar refractivity (Wildman–Crippen MR) is 68.9 cm³/mol. The zero-order chi connectivity index (χ0) is 13.1. The quantitative estimate of drug-likeness (QED) is 0.834. The molecule has 3 N–H and O–H groups in total. The van der Waals surface area contributed by atoms with Crippen molar-refractivity contribution in [2.24, 2.45) is 7.05 Å². The van der Waals surface area contributed by atoms with Gasteiger partial charge in [0.1, 0.15) is 24.3 Å². The average molecular weight is 247 g/mol. The van der Waals surface area contributed by atoms with Crippen LogP contribution >= 0.6 is 0 Å². The molecule has 18 heavy (non-hydrogen) atoms. The molecule has 0 fully saturated rings. The van der Waals surface area contributed by atoms with Gasteiger partial charge in [0.25, 0.3) is 0 Å². The summed E-state index contributed by atoms with van der Waals surface area (Å²) < 4.78 is 1.87.